The number of rotatable bonds is 2. The van der Waals surface area contributed by atoms with Crippen molar-refractivity contribution in [1.82, 2.24) is 4.90 Å². The molecular weight excluding hydrogens is 133 g/mol. The number of hydrogen-bond acceptors (Lipinski definition) is 2. The Balaban J connectivity index is 2.13. The van der Waals surface area contributed by atoms with Crippen molar-refractivity contribution in [2.45, 2.75) is 12.8 Å². The third-order valence-electron chi connectivity index (χ3n) is 2.14. The van der Waals surface area contributed by atoms with Gasteiger partial charge in [0.05, 0.1) is 6.61 Å². The Morgan fingerprint density at radius 2 is 2.10 bits per heavy atom. The highest BCUT2D eigenvalue weighted by Crippen LogP contribution is 2.15. The van der Waals surface area contributed by atoms with Crippen molar-refractivity contribution >= 4 is 0 Å². The molecule has 10 heavy (non-hydrogen) atoms. The highest BCUT2D eigenvalue weighted by molar-refractivity contribution is 4.68. The summed E-state index contributed by atoms with van der Waals surface area (Å²) in [5, 5.41) is 0. The van der Waals surface area contributed by atoms with Gasteiger partial charge in [-0.2, -0.15) is 4.94 Å². The maximum Gasteiger partial charge on any atom is 0.0905 e. The second kappa shape index (κ2) is 3.88. The van der Waals surface area contributed by atoms with Crippen molar-refractivity contribution in [2.75, 3.05) is 26.7 Å². The predicted octanol–water partition coefficient (Wildman–Crippen LogP) is 1.23. The molecule has 0 N–H and O–H groups in total. The van der Waals surface area contributed by atoms with Gasteiger partial charge in [-0.05, 0) is 43.4 Å². The largest absolute Gasteiger partial charge is 0.306 e. The van der Waals surface area contributed by atoms with Gasteiger partial charge in [0.15, 0.2) is 0 Å². The maximum atomic E-state index is 11.4. The highest BCUT2D eigenvalue weighted by atomic mass is 19.3. The van der Waals surface area contributed by atoms with E-state index >= 15 is 0 Å². The quantitative estimate of drug-likeness (QED) is 0.582. The molecular formula is C7H14FNO. The molecule has 1 rings (SSSR count). The summed E-state index contributed by atoms with van der Waals surface area (Å²) in [6, 6.07) is 0. The first kappa shape index (κ1) is 7.95. The first-order chi connectivity index (χ1) is 4.83. The van der Waals surface area contributed by atoms with Gasteiger partial charge in [-0.25, -0.2) is 0 Å². The van der Waals surface area contributed by atoms with E-state index in [9.17, 15) is 4.53 Å². The normalized spacial score (nSPS) is 23.4. The van der Waals surface area contributed by atoms with Crippen LogP contribution in [-0.2, 0) is 4.94 Å². The molecule has 0 saturated carbocycles. The van der Waals surface area contributed by atoms with Crippen LogP contribution in [-0.4, -0.2) is 31.6 Å². The molecule has 0 aromatic rings. The zero-order chi connectivity index (χ0) is 7.40. The Morgan fingerprint density at radius 3 is 2.60 bits per heavy atom. The molecule has 1 aliphatic heterocycles. The minimum atomic E-state index is 0.286. The molecule has 1 heterocycles. The van der Waals surface area contributed by atoms with Crippen LogP contribution in [0.1, 0.15) is 12.8 Å². The van der Waals surface area contributed by atoms with Crippen LogP contribution in [0.25, 0.3) is 0 Å². The molecule has 2 nitrogen and oxygen atoms in total. The molecule has 3 heteroatoms. The van der Waals surface area contributed by atoms with E-state index in [-0.39, 0.29) is 6.61 Å². The molecule has 0 aromatic heterocycles. The zero-order valence-electron chi connectivity index (χ0n) is 6.35. The summed E-state index contributed by atoms with van der Waals surface area (Å²) in [5.41, 5.74) is 0. The molecule has 1 aliphatic rings. The summed E-state index contributed by atoms with van der Waals surface area (Å²) < 4.78 is 11.4. The van der Waals surface area contributed by atoms with E-state index < -0.39 is 0 Å². The average Bonchev–Trinajstić information content (AvgIpc) is 1.95. The van der Waals surface area contributed by atoms with Gasteiger partial charge >= 0.3 is 0 Å². The molecule has 0 bridgehead atoms. The van der Waals surface area contributed by atoms with Gasteiger partial charge in [-0.3, -0.25) is 0 Å². The lowest BCUT2D eigenvalue weighted by Crippen LogP contribution is -2.31. The summed E-state index contributed by atoms with van der Waals surface area (Å²) in [7, 11) is 2.09. The van der Waals surface area contributed by atoms with E-state index in [0.717, 1.165) is 25.9 Å². The topological polar surface area (TPSA) is 12.5 Å². The third kappa shape index (κ3) is 2.23. The number of nitrogens with zero attached hydrogens (tertiary/aromatic N) is 1. The van der Waals surface area contributed by atoms with Crippen LogP contribution in [0.3, 0.4) is 0 Å². The van der Waals surface area contributed by atoms with Crippen LogP contribution in [0.5, 0.6) is 0 Å². The fourth-order valence-corrected chi connectivity index (χ4v) is 1.32. The van der Waals surface area contributed by atoms with E-state index in [2.05, 4.69) is 16.9 Å². The van der Waals surface area contributed by atoms with Gasteiger partial charge < -0.3 is 4.90 Å². The Bertz CT molecular complexity index is 91.6. The van der Waals surface area contributed by atoms with Crippen molar-refractivity contribution in [1.29, 1.82) is 0 Å². The summed E-state index contributed by atoms with van der Waals surface area (Å²) in [6.07, 6.45) is 2.14. The zero-order valence-corrected chi connectivity index (χ0v) is 6.35. The highest BCUT2D eigenvalue weighted by Gasteiger charge is 2.16. The van der Waals surface area contributed by atoms with E-state index in [4.69, 9.17) is 0 Å². The monoisotopic (exact) mass is 147 g/mol. The van der Waals surface area contributed by atoms with Crippen molar-refractivity contribution in [3.8, 4) is 0 Å². The van der Waals surface area contributed by atoms with E-state index in [0.29, 0.717) is 5.92 Å². The Labute approximate surface area is 60.9 Å². The van der Waals surface area contributed by atoms with Crippen molar-refractivity contribution in [3.05, 3.63) is 0 Å². The van der Waals surface area contributed by atoms with E-state index in [1.807, 2.05) is 0 Å². The van der Waals surface area contributed by atoms with Crippen LogP contribution in [0.2, 0.25) is 0 Å². The molecule has 0 radical (unpaired) electrons. The molecule has 0 unspecified atom stereocenters. The summed E-state index contributed by atoms with van der Waals surface area (Å²) in [6.45, 7) is 2.44. The average molecular weight is 147 g/mol. The van der Waals surface area contributed by atoms with E-state index in [1.165, 1.54) is 0 Å². The van der Waals surface area contributed by atoms with Gasteiger partial charge in [-0.15, -0.1) is 0 Å². The minimum Gasteiger partial charge on any atom is -0.306 e. The summed E-state index contributed by atoms with van der Waals surface area (Å²) in [5.74, 6) is 0.446. The molecule has 0 aromatic carbocycles. The maximum absolute atomic E-state index is 11.4. The van der Waals surface area contributed by atoms with E-state index in [1.54, 1.807) is 0 Å². The third-order valence-corrected chi connectivity index (χ3v) is 2.14. The standard InChI is InChI=1S/C7H14FNO/c1-9-4-2-7(3-5-9)6-10-8/h7H,2-6H2,1H3. The lowest BCUT2D eigenvalue weighted by Gasteiger charge is -2.27. The number of piperidine rings is 1. The predicted molar refractivity (Wildman–Crippen MR) is 37.3 cm³/mol. The molecule has 1 saturated heterocycles. The molecule has 0 spiro atoms. The van der Waals surface area contributed by atoms with Crippen LogP contribution >= 0.6 is 0 Å². The van der Waals surface area contributed by atoms with Crippen molar-refractivity contribution in [2.24, 2.45) is 5.92 Å². The Kier molecular flexibility index (Phi) is 3.09. The smallest absolute Gasteiger partial charge is 0.0905 e. The minimum absolute atomic E-state index is 0.286. The van der Waals surface area contributed by atoms with Crippen LogP contribution < -0.4 is 0 Å². The first-order valence-electron chi connectivity index (χ1n) is 3.75. The number of likely N-dealkylation sites (tertiary alicyclic amines) is 1. The van der Waals surface area contributed by atoms with Gasteiger partial charge in [0.25, 0.3) is 0 Å². The first-order valence-corrected chi connectivity index (χ1v) is 3.75. The van der Waals surface area contributed by atoms with Crippen molar-refractivity contribution < 1.29 is 9.47 Å². The van der Waals surface area contributed by atoms with Crippen LogP contribution in [0.4, 0.5) is 4.53 Å². The van der Waals surface area contributed by atoms with Gasteiger partial charge in [0.1, 0.15) is 0 Å². The molecule has 0 aliphatic carbocycles. The molecule has 60 valence electrons. The number of halogens is 1. The van der Waals surface area contributed by atoms with Gasteiger partial charge in [-0.1, -0.05) is 0 Å². The Hall–Kier alpha value is -0.150. The fraction of sp³-hybridized carbons (Fsp3) is 1.00. The molecule has 0 atom stereocenters. The van der Waals surface area contributed by atoms with Gasteiger partial charge in [0.2, 0.25) is 0 Å². The lowest BCUT2D eigenvalue weighted by molar-refractivity contribution is -0.148. The van der Waals surface area contributed by atoms with Crippen molar-refractivity contribution in [3.63, 3.8) is 0 Å². The molecule has 1 fully saturated rings. The second-order valence-electron chi connectivity index (χ2n) is 3.02. The summed E-state index contributed by atoms with van der Waals surface area (Å²) >= 11 is 0. The number of hydrogen-bond donors (Lipinski definition) is 0. The SMILES string of the molecule is CN1CCC(COF)CC1. The van der Waals surface area contributed by atoms with Gasteiger partial charge in [0, 0.05) is 0 Å². The Morgan fingerprint density at radius 1 is 1.50 bits per heavy atom. The summed E-state index contributed by atoms with van der Waals surface area (Å²) in [4.78, 5) is 5.86. The second-order valence-corrected chi connectivity index (χ2v) is 3.02. The molecule has 0 amide bonds. The fourth-order valence-electron chi connectivity index (χ4n) is 1.32. The van der Waals surface area contributed by atoms with Crippen LogP contribution in [0.15, 0.2) is 0 Å². The van der Waals surface area contributed by atoms with Crippen LogP contribution in [0, 0.1) is 5.92 Å². The lowest BCUT2D eigenvalue weighted by atomic mass is 9.98.